The molecule has 0 saturated carbocycles. The standard InChI is InChI=1S/C9H14N2O2S2/c1-9(2,3)15-14-5-6-4-10-8(13)11-7(6)12/h4H,5H2,1-3H3,(H2,10,11,12,13). The minimum Gasteiger partial charge on any atom is -0.314 e. The molecule has 0 aliphatic rings. The Bertz CT molecular complexity index is 431. The number of aromatic nitrogens is 2. The molecule has 0 aliphatic heterocycles. The lowest BCUT2D eigenvalue weighted by atomic mass is 10.3. The number of H-pyrrole nitrogens is 2. The molecule has 1 aromatic rings. The van der Waals surface area contributed by atoms with Crippen LogP contribution in [0.25, 0.3) is 0 Å². The summed E-state index contributed by atoms with van der Waals surface area (Å²) in [4.78, 5) is 26.7. The van der Waals surface area contributed by atoms with Crippen LogP contribution in [-0.2, 0) is 5.75 Å². The van der Waals surface area contributed by atoms with Gasteiger partial charge >= 0.3 is 5.69 Å². The van der Waals surface area contributed by atoms with Gasteiger partial charge in [0.1, 0.15) is 0 Å². The Morgan fingerprint density at radius 2 is 2.00 bits per heavy atom. The SMILES string of the molecule is CC(C)(C)SSCc1c[nH]c(=O)[nH]c1=O. The summed E-state index contributed by atoms with van der Waals surface area (Å²) in [5, 5.41) is 0. The molecule has 0 saturated heterocycles. The first-order valence-corrected chi connectivity index (χ1v) is 6.82. The molecule has 0 bridgehead atoms. The molecule has 0 aromatic carbocycles. The van der Waals surface area contributed by atoms with Crippen LogP contribution in [0, 0.1) is 0 Å². The van der Waals surface area contributed by atoms with Gasteiger partial charge in [0.25, 0.3) is 5.56 Å². The first kappa shape index (κ1) is 12.4. The van der Waals surface area contributed by atoms with E-state index in [0.29, 0.717) is 11.3 Å². The van der Waals surface area contributed by atoms with Crippen LogP contribution in [0.5, 0.6) is 0 Å². The summed E-state index contributed by atoms with van der Waals surface area (Å²) < 4.78 is 0.166. The van der Waals surface area contributed by atoms with Crippen molar-refractivity contribution >= 4 is 21.6 Å². The topological polar surface area (TPSA) is 65.7 Å². The van der Waals surface area contributed by atoms with Gasteiger partial charge < -0.3 is 4.98 Å². The average molecular weight is 246 g/mol. The van der Waals surface area contributed by atoms with Gasteiger partial charge in [-0.2, -0.15) is 0 Å². The fourth-order valence-electron chi connectivity index (χ4n) is 0.815. The zero-order chi connectivity index (χ0) is 11.5. The third kappa shape index (κ3) is 4.61. The third-order valence-corrected chi connectivity index (χ3v) is 4.67. The first-order valence-electron chi connectivity index (χ1n) is 4.50. The lowest BCUT2D eigenvalue weighted by molar-refractivity contribution is 0.810. The van der Waals surface area contributed by atoms with Gasteiger partial charge in [-0.25, -0.2) is 4.79 Å². The van der Waals surface area contributed by atoms with E-state index in [4.69, 9.17) is 0 Å². The molecular weight excluding hydrogens is 232 g/mol. The molecule has 0 fully saturated rings. The molecule has 0 radical (unpaired) electrons. The molecule has 0 atom stereocenters. The number of rotatable bonds is 3. The predicted molar refractivity (Wildman–Crippen MR) is 66.3 cm³/mol. The van der Waals surface area contributed by atoms with Gasteiger partial charge in [-0.15, -0.1) is 0 Å². The Balaban J connectivity index is 2.59. The molecule has 1 rings (SSSR count). The smallest absolute Gasteiger partial charge is 0.314 e. The highest BCUT2D eigenvalue weighted by molar-refractivity contribution is 8.76. The summed E-state index contributed by atoms with van der Waals surface area (Å²) in [7, 11) is 3.32. The second-order valence-electron chi connectivity index (χ2n) is 4.06. The van der Waals surface area contributed by atoms with Gasteiger partial charge in [0.2, 0.25) is 0 Å². The van der Waals surface area contributed by atoms with E-state index >= 15 is 0 Å². The summed E-state index contributed by atoms with van der Waals surface area (Å²) in [6, 6.07) is 0. The lowest BCUT2D eigenvalue weighted by Gasteiger charge is -2.15. The summed E-state index contributed by atoms with van der Waals surface area (Å²) >= 11 is 0. The first-order chi connectivity index (χ1) is 6.88. The van der Waals surface area contributed by atoms with E-state index in [1.54, 1.807) is 21.6 Å². The molecule has 0 spiro atoms. The lowest BCUT2D eigenvalue weighted by Crippen LogP contribution is -2.24. The van der Waals surface area contributed by atoms with Crippen molar-refractivity contribution < 1.29 is 0 Å². The van der Waals surface area contributed by atoms with E-state index in [2.05, 4.69) is 30.7 Å². The average Bonchev–Trinajstić information content (AvgIpc) is 2.07. The van der Waals surface area contributed by atoms with Crippen molar-refractivity contribution in [1.82, 2.24) is 9.97 Å². The van der Waals surface area contributed by atoms with Gasteiger partial charge in [0, 0.05) is 22.3 Å². The van der Waals surface area contributed by atoms with Crippen molar-refractivity contribution in [3.8, 4) is 0 Å². The Kier molecular flexibility index (Phi) is 4.10. The van der Waals surface area contributed by atoms with Crippen molar-refractivity contribution in [2.75, 3.05) is 0 Å². The van der Waals surface area contributed by atoms with Crippen LogP contribution >= 0.6 is 21.6 Å². The maximum absolute atomic E-state index is 11.3. The van der Waals surface area contributed by atoms with Crippen LogP contribution in [-0.4, -0.2) is 14.7 Å². The third-order valence-electron chi connectivity index (χ3n) is 1.42. The Labute approximate surface area is 95.7 Å². The molecular formula is C9H14N2O2S2. The summed E-state index contributed by atoms with van der Waals surface area (Å²) in [6.07, 6.45) is 1.47. The molecule has 2 N–H and O–H groups in total. The maximum Gasteiger partial charge on any atom is 0.325 e. The number of aromatic amines is 2. The van der Waals surface area contributed by atoms with Gasteiger partial charge in [-0.05, 0) is 0 Å². The van der Waals surface area contributed by atoms with E-state index in [0.717, 1.165) is 0 Å². The van der Waals surface area contributed by atoms with Crippen molar-refractivity contribution in [2.45, 2.75) is 31.3 Å². The maximum atomic E-state index is 11.3. The van der Waals surface area contributed by atoms with Crippen LogP contribution in [0.1, 0.15) is 26.3 Å². The van der Waals surface area contributed by atoms with Crippen LogP contribution in [0.15, 0.2) is 15.8 Å². The van der Waals surface area contributed by atoms with Crippen LogP contribution < -0.4 is 11.2 Å². The highest BCUT2D eigenvalue weighted by atomic mass is 33.1. The zero-order valence-electron chi connectivity index (χ0n) is 8.92. The highest BCUT2D eigenvalue weighted by Gasteiger charge is 2.11. The Morgan fingerprint density at radius 1 is 1.33 bits per heavy atom. The number of hydrogen-bond acceptors (Lipinski definition) is 4. The molecule has 0 unspecified atom stereocenters. The second-order valence-corrected chi connectivity index (χ2v) is 7.18. The van der Waals surface area contributed by atoms with Gasteiger partial charge in [0.15, 0.2) is 0 Å². The van der Waals surface area contributed by atoms with Crippen molar-refractivity contribution in [2.24, 2.45) is 0 Å². The molecule has 1 heterocycles. The Hall–Kier alpha value is -0.620. The monoisotopic (exact) mass is 246 g/mol. The zero-order valence-corrected chi connectivity index (χ0v) is 10.6. The molecule has 15 heavy (non-hydrogen) atoms. The fraction of sp³-hybridized carbons (Fsp3) is 0.556. The minimum atomic E-state index is -0.461. The number of hydrogen-bond donors (Lipinski definition) is 2. The van der Waals surface area contributed by atoms with E-state index in [-0.39, 0.29) is 10.3 Å². The molecule has 0 amide bonds. The molecule has 1 aromatic heterocycles. The predicted octanol–water partition coefficient (Wildman–Crippen LogP) is 1.74. The van der Waals surface area contributed by atoms with E-state index in [1.165, 1.54) is 6.20 Å². The van der Waals surface area contributed by atoms with E-state index in [9.17, 15) is 9.59 Å². The largest absolute Gasteiger partial charge is 0.325 e. The van der Waals surface area contributed by atoms with Gasteiger partial charge in [0.05, 0.1) is 0 Å². The normalized spacial score (nSPS) is 11.7. The summed E-state index contributed by atoms with van der Waals surface area (Å²) in [6.45, 7) is 6.34. The molecule has 84 valence electrons. The number of nitrogens with one attached hydrogen (secondary N) is 2. The molecule has 6 heteroatoms. The Morgan fingerprint density at radius 3 is 2.53 bits per heavy atom. The van der Waals surface area contributed by atoms with Crippen LogP contribution in [0.3, 0.4) is 0 Å². The van der Waals surface area contributed by atoms with Crippen molar-refractivity contribution in [1.29, 1.82) is 0 Å². The second kappa shape index (κ2) is 4.94. The van der Waals surface area contributed by atoms with Crippen molar-refractivity contribution in [3.63, 3.8) is 0 Å². The van der Waals surface area contributed by atoms with E-state index in [1.807, 2.05) is 0 Å². The molecule has 4 nitrogen and oxygen atoms in total. The summed E-state index contributed by atoms with van der Waals surface area (Å²) in [5.41, 5.74) is -0.172. The minimum absolute atomic E-state index is 0.166. The summed E-state index contributed by atoms with van der Waals surface area (Å²) in [5.74, 6) is 0.591. The van der Waals surface area contributed by atoms with E-state index < -0.39 is 5.69 Å². The van der Waals surface area contributed by atoms with Crippen LogP contribution in [0.2, 0.25) is 0 Å². The van der Waals surface area contributed by atoms with Crippen LogP contribution in [0.4, 0.5) is 0 Å². The quantitative estimate of drug-likeness (QED) is 0.797. The fourth-order valence-corrected chi connectivity index (χ4v) is 3.19. The highest BCUT2D eigenvalue weighted by Crippen LogP contribution is 2.36. The molecule has 0 aliphatic carbocycles. The van der Waals surface area contributed by atoms with Gasteiger partial charge in [-0.3, -0.25) is 9.78 Å². The van der Waals surface area contributed by atoms with Gasteiger partial charge in [-0.1, -0.05) is 42.4 Å². The van der Waals surface area contributed by atoms with Crippen molar-refractivity contribution in [3.05, 3.63) is 32.6 Å².